The Morgan fingerprint density at radius 2 is 2.09 bits per heavy atom. The van der Waals surface area contributed by atoms with Gasteiger partial charge in [0.15, 0.2) is 6.61 Å². The van der Waals surface area contributed by atoms with Crippen LogP contribution in [0.4, 0.5) is 0 Å². The van der Waals surface area contributed by atoms with E-state index < -0.39 is 11.6 Å². The molecule has 0 aliphatic carbocycles. The third kappa shape index (κ3) is 4.87. The average Bonchev–Trinajstić information content (AvgIpc) is 2.92. The van der Waals surface area contributed by atoms with E-state index in [4.69, 9.17) is 9.47 Å². The van der Waals surface area contributed by atoms with Gasteiger partial charge in [-0.3, -0.25) is 4.79 Å². The zero-order chi connectivity index (χ0) is 17.0. The molecule has 2 rings (SSSR count). The van der Waals surface area contributed by atoms with Gasteiger partial charge in [0.2, 0.25) is 0 Å². The molecule has 1 aromatic rings. The molecule has 1 heterocycles. The van der Waals surface area contributed by atoms with Crippen LogP contribution < -0.4 is 4.74 Å². The van der Waals surface area contributed by atoms with Gasteiger partial charge in [-0.25, -0.2) is 4.79 Å². The first-order valence-corrected chi connectivity index (χ1v) is 7.70. The third-order valence-corrected chi connectivity index (χ3v) is 3.43. The fraction of sp³-hybridized carbons (Fsp3) is 0.529. The van der Waals surface area contributed by atoms with Gasteiger partial charge >= 0.3 is 5.97 Å². The smallest absolute Gasteiger partial charge is 0.329 e. The van der Waals surface area contributed by atoms with Crippen LogP contribution in [0, 0.1) is 0 Å². The summed E-state index contributed by atoms with van der Waals surface area (Å²) in [7, 11) is 0. The van der Waals surface area contributed by atoms with Crippen LogP contribution in [0.3, 0.4) is 0 Å². The van der Waals surface area contributed by atoms with Gasteiger partial charge in [-0.1, -0.05) is 6.07 Å². The summed E-state index contributed by atoms with van der Waals surface area (Å²) in [5, 5.41) is 9.38. The molecule has 1 aromatic carbocycles. The molecule has 0 saturated carbocycles. The highest BCUT2D eigenvalue weighted by atomic mass is 16.6. The Hall–Kier alpha value is -2.24. The second-order valence-electron chi connectivity index (χ2n) is 6.56. The number of carbonyl (C=O) groups is 2. The number of phenolic OH excluding ortho intramolecular Hbond substituents is 1. The first-order valence-electron chi connectivity index (χ1n) is 7.70. The summed E-state index contributed by atoms with van der Waals surface area (Å²) in [6.07, 6.45) is 1.37. The number of nitrogens with zero attached hydrogens (tertiary/aromatic N) is 1. The van der Waals surface area contributed by atoms with E-state index in [0.29, 0.717) is 18.7 Å². The molecule has 6 nitrogen and oxygen atoms in total. The van der Waals surface area contributed by atoms with Crippen molar-refractivity contribution < 1.29 is 24.2 Å². The number of likely N-dealkylation sites (tertiary alicyclic amines) is 1. The van der Waals surface area contributed by atoms with Crippen molar-refractivity contribution in [2.45, 2.75) is 45.3 Å². The van der Waals surface area contributed by atoms with Gasteiger partial charge in [-0.15, -0.1) is 0 Å². The van der Waals surface area contributed by atoms with Gasteiger partial charge in [0.05, 0.1) is 0 Å². The Labute approximate surface area is 136 Å². The van der Waals surface area contributed by atoms with Crippen LogP contribution >= 0.6 is 0 Å². The summed E-state index contributed by atoms with van der Waals surface area (Å²) in [6, 6.07) is 5.70. The van der Waals surface area contributed by atoms with E-state index in [-0.39, 0.29) is 24.2 Å². The molecule has 1 atom stereocenters. The Balaban J connectivity index is 1.94. The lowest BCUT2D eigenvalue weighted by Gasteiger charge is -2.27. The highest BCUT2D eigenvalue weighted by molar-refractivity contribution is 5.86. The third-order valence-electron chi connectivity index (χ3n) is 3.43. The molecule has 1 aliphatic heterocycles. The molecule has 0 bridgehead atoms. The van der Waals surface area contributed by atoms with Gasteiger partial charge < -0.3 is 19.5 Å². The SMILES string of the molecule is CC(C)(C)OC(=O)C1CCCN1C(=O)COc1cccc(O)c1. The van der Waals surface area contributed by atoms with E-state index in [9.17, 15) is 14.7 Å². The number of carbonyl (C=O) groups excluding carboxylic acids is 2. The Morgan fingerprint density at radius 1 is 1.35 bits per heavy atom. The van der Waals surface area contributed by atoms with Crippen molar-refractivity contribution in [1.82, 2.24) is 4.90 Å². The van der Waals surface area contributed by atoms with Gasteiger partial charge in [0, 0.05) is 12.6 Å². The Kier molecular flexibility index (Phi) is 5.13. The molecule has 1 aliphatic rings. The van der Waals surface area contributed by atoms with Crippen molar-refractivity contribution in [3.63, 3.8) is 0 Å². The lowest BCUT2D eigenvalue weighted by atomic mass is 10.1. The van der Waals surface area contributed by atoms with Crippen LogP contribution in [-0.4, -0.2) is 46.7 Å². The van der Waals surface area contributed by atoms with Crippen molar-refractivity contribution >= 4 is 11.9 Å². The van der Waals surface area contributed by atoms with E-state index >= 15 is 0 Å². The van der Waals surface area contributed by atoms with Crippen molar-refractivity contribution in [3.8, 4) is 11.5 Å². The molecule has 23 heavy (non-hydrogen) atoms. The zero-order valence-corrected chi connectivity index (χ0v) is 13.7. The molecular weight excluding hydrogens is 298 g/mol. The topological polar surface area (TPSA) is 76.1 Å². The maximum atomic E-state index is 12.3. The fourth-order valence-corrected chi connectivity index (χ4v) is 2.48. The maximum Gasteiger partial charge on any atom is 0.329 e. The summed E-state index contributed by atoms with van der Waals surface area (Å²) in [4.78, 5) is 26.0. The van der Waals surface area contributed by atoms with Gasteiger partial charge in [-0.2, -0.15) is 0 Å². The monoisotopic (exact) mass is 321 g/mol. The second kappa shape index (κ2) is 6.89. The molecule has 1 fully saturated rings. The van der Waals surface area contributed by atoms with E-state index in [1.807, 2.05) is 0 Å². The Bertz CT molecular complexity index is 579. The highest BCUT2D eigenvalue weighted by Gasteiger charge is 2.36. The van der Waals surface area contributed by atoms with Crippen LogP contribution in [0.15, 0.2) is 24.3 Å². The number of hydrogen-bond donors (Lipinski definition) is 1. The van der Waals surface area contributed by atoms with Crippen molar-refractivity contribution in [2.24, 2.45) is 0 Å². The summed E-state index contributed by atoms with van der Waals surface area (Å²) in [5.74, 6) is -0.156. The fourth-order valence-electron chi connectivity index (χ4n) is 2.48. The quantitative estimate of drug-likeness (QED) is 0.860. The lowest BCUT2D eigenvalue weighted by Crippen LogP contribution is -2.45. The highest BCUT2D eigenvalue weighted by Crippen LogP contribution is 2.22. The molecular formula is C17H23NO5. The van der Waals surface area contributed by atoms with Crippen LogP contribution in [0.1, 0.15) is 33.6 Å². The standard InChI is InChI=1S/C17H23NO5/c1-17(2,3)23-16(21)14-8-5-9-18(14)15(20)11-22-13-7-4-6-12(19)10-13/h4,6-7,10,14,19H,5,8-9,11H2,1-3H3. The number of benzene rings is 1. The molecule has 1 unspecified atom stereocenters. The van der Waals surface area contributed by atoms with Gasteiger partial charge in [-0.05, 0) is 45.7 Å². The van der Waals surface area contributed by atoms with E-state index in [1.165, 1.54) is 17.0 Å². The number of amides is 1. The molecule has 1 saturated heterocycles. The molecule has 1 N–H and O–H groups in total. The zero-order valence-electron chi connectivity index (χ0n) is 13.7. The first-order chi connectivity index (χ1) is 10.8. The molecule has 0 aromatic heterocycles. The van der Waals surface area contributed by atoms with E-state index in [2.05, 4.69) is 0 Å². The summed E-state index contributed by atoms with van der Waals surface area (Å²) < 4.78 is 10.8. The number of ether oxygens (including phenoxy) is 2. The predicted molar refractivity (Wildman–Crippen MR) is 84.2 cm³/mol. The minimum Gasteiger partial charge on any atom is -0.508 e. The van der Waals surface area contributed by atoms with Crippen LogP contribution in [0.2, 0.25) is 0 Å². The van der Waals surface area contributed by atoms with Crippen LogP contribution in [0.25, 0.3) is 0 Å². The van der Waals surface area contributed by atoms with Crippen LogP contribution in [0.5, 0.6) is 11.5 Å². The van der Waals surface area contributed by atoms with E-state index in [1.54, 1.807) is 32.9 Å². The number of hydrogen-bond acceptors (Lipinski definition) is 5. The number of esters is 1. The van der Waals surface area contributed by atoms with Crippen LogP contribution in [-0.2, 0) is 14.3 Å². The summed E-state index contributed by atoms with van der Waals surface area (Å²) >= 11 is 0. The molecule has 6 heteroatoms. The first kappa shape index (κ1) is 17.1. The largest absolute Gasteiger partial charge is 0.508 e. The lowest BCUT2D eigenvalue weighted by molar-refractivity contribution is -0.163. The van der Waals surface area contributed by atoms with Crippen molar-refractivity contribution in [3.05, 3.63) is 24.3 Å². The van der Waals surface area contributed by atoms with Crippen molar-refractivity contribution in [2.75, 3.05) is 13.2 Å². The molecule has 1 amide bonds. The van der Waals surface area contributed by atoms with E-state index in [0.717, 1.165) is 6.42 Å². The second-order valence-corrected chi connectivity index (χ2v) is 6.56. The maximum absolute atomic E-state index is 12.3. The minimum absolute atomic E-state index is 0.0720. The van der Waals surface area contributed by atoms with Gasteiger partial charge in [0.1, 0.15) is 23.1 Å². The Morgan fingerprint density at radius 3 is 2.74 bits per heavy atom. The summed E-state index contributed by atoms with van der Waals surface area (Å²) in [6.45, 7) is 5.75. The molecule has 126 valence electrons. The minimum atomic E-state index is -0.577. The van der Waals surface area contributed by atoms with Crippen molar-refractivity contribution in [1.29, 1.82) is 0 Å². The predicted octanol–water partition coefficient (Wildman–Crippen LogP) is 2.10. The van der Waals surface area contributed by atoms with Gasteiger partial charge in [0.25, 0.3) is 5.91 Å². The number of phenols is 1. The normalized spacial score (nSPS) is 17.9. The molecule has 0 radical (unpaired) electrons. The number of rotatable bonds is 4. The molecule has 0 spiro atoms. The average molecular weight is 321 g/mol. The summed E-state index contributed by atoms with van der Waals surface area (Å²) in [5.41, 5.74) is -0.577. The number of aromatic hydroxyl groups is 1.